The maximum atomic E-state index is 6.11. The van der Waals surface area contributed by atoms with Crippen molar-refractivity contribution in [3.63, 3.8) is 0 Å². The summed E-state index contributed by atoms with van der Waals surface area (Å²) in [7, 11) is 0. The number of pyridine rings is 2. The highest BCUT2D eigenvalue weighted by molar-refractivity contribution is 6.03. The lowest BCUT2D eigenvalue weighted by Crippen LogP contribution is -1.93. The maximum absolute atomic E-state index is 6.11. The van der Waals surface area contributed by atoms with Crippen molar-refractivity contribution >= 4 is 28.2 Å². The van der Waals surface area contributed by atoms with Gasteiger partial charge in [0, 0.05) is 29.3 Å². The first-order valence-electron chi connectivity index (χ1n) is 7.64. The molecule has 5 nitrogen and oxygen atoms in total. The lowest BCUT2D eigenvalue weighted by Gasteiger charge is -2.05. The Bertz CT molecular complexity index is 1010. The van der Waals surface area contributed by atoms with E-state index in [9.17, 15) is 0 Å². The van der Waals surface area contributed by atoms with E-state index in [0.29, 0.717) is 11.5 Å². The maximum Gasteiger partial charge on any atom is 0.215 e. The van der Waals surface area contributed by atoms with Crippen molar-refractivity contribution < 1.29 is 4.42 Å². The second-order valence-corrected chi connectivity index (χ2v) is 5.55. The van der Waals surface area contributed by atoms with Gasteiger partial charge in [-0.3, -0.25) is 9.97 Å². The largest absolute Gasteiger partial charge is 0.436 e. The molecule has 5 heteroatoms. The van der Waals surface area contributed by atoms with Gasteiger partial charge in [-0.2, -0.15) is 0 Å². The zero-order valence-corrected chi connectivity index (χ0v) is 13.2. The normalized spacial score (nSPS) is 10.9. The molecule has 0 amide bonds. The van der Waals surface area contributed by atoms with Crippen LogP contribution in [0.4, 0.5) is 17.3 Å². The van der Waals surface area contributed by atoms with Crippen LogP contribution in [0, 0.1) is 6.92 Å². The van der Waals surface area contributed by atoms with Crippen molar-refractivity contribution in [2.45, 2.75) is 6.92 Å². The number of aryl methyl sites for hydroxylation is 1. The molecule has 3 heterocycles. The third kappa shape index (κ3) is 2.46. The zero-order valence-electron chi connectivity index (χ0n) is 13.2. The summed E-state index contributed by atoms with van der Waals surface area (Å²) in [4.78, 5) is 8.70. The molecule has 0 bridgehead atoms. The molecule has 0 saturated carbocycles. The van der Waals surface area contributed by atoms with Crippen LogP contribution in [0.1, 0.15) is 5.69 Å². The van der Waals surface area contributed by atoms with E-state index in [2.05, 4.69) is 15.3 Å². The number of para-hydroxylation sites is 1. The highest BCUT2D eigenvalue weighted by Crippen LogP contribution is 2.38. The van der Waals surface area contributed by atoms with E-state index in [1.807, 2.05) is 55.5 Å². The van der Waals surface area contributed by atoms with Crippen LogP contribution in [0.3, 0.4) is 0 Å². The lowest BCUT2D eigenvalue weighted by atomic mass is 10.1. The minimum atomic E-state index is 0.342. The van der Waals surface area contributed by atoms with Gasteiger partial charge in [-0.05, 0) is 37.3 Å². The number of fused-ring (bicyclic) bond motifs is 1. The third-order valence-electron chi connectivity index (χ3n) is 3.85. The summed E-state index contributed by atoms with van der Waals surface area (Å²) in [6.45, 7) is 1.95. The van der Waals surface area contributed by atoms with Crippen LogP contribution in [0.2, 0.25) is 0 Å². The Morgan fingerprint density at radius 1 is 1.00 bits per heavy atom. The van der Waals surface area contributed by atoms with Crippen molar-refractivity contribution in [3.8, 4) is 11.3 Å². The molecule has 0 spiro atoms. The first kappa shape index (κ1) is 14.3. The topological polar surface area (TPSA) is 77.0 Å². The van der Waals surface area contributed by atoms with Gasteiger partial charge >= 0.3 is 0 Å². The fraction of sp³-hybridized carbons (Fsp3) is 0.0526. The Morgan fingerprint density at radius 2 is 1.79 bits per heavy atom. The molecule has 118 valence electrons. The number of rotatable bonds is 3. The number of anilines is 3. The molecule has 1 aromatic carbocycles. The average Bonchev–Trinajstić information content (AvgIpc) is 2.91. The predicted octanol–water partition coefficient (Wildman–Crippen LogP) is 4.52. The van der Waals surface area contributed by atoms with Gasteiger partial charge in [0.1, 0.15) is 11.4 Å². The average molecular weight is 316 g/mol. The van der Waals surface area contributed by atoms with E-state index in [0.717, 1.165) is 33.7 Å². The van der Waals surface area contributed by atoms with Crippen molar-refractivity contribution in [3.05, 3.63) is 66.6 Å². The van der Waals surface area contributed by atoms with E-state index in [-0.39, 0.29) is 0 Å². The monoisotopic (exact) mass is 316 g/mol. The summed E-state index contributed by atoms with van der Waals surface area (Å²) in [6.07, 6.45) is 3.53. The molecule has 0 saturated heterocycles. The quantitative estimate of drug-likeness (QED) is 0.581. The fourth-order valence-electron chi connectivity index (χ4n) is 2.74. The summed E-state index contributed by atoms with van der Waals surface area (Å²) in [5, 5.41) is 4.23. The molecule has 3 aromatic heterocycles. The summed E-state index contributed by atoms with van der Waals surface area (Å²) in [5.41, 5.74) is 11.1. The van der Waals surface area contributed by atoms with Crippen molar-refractivity contribution in [1.82, 2.24) is 9.97 Å². The predicted molar refractivity (Wildman–Crippen MR) is 96.1 cm³/mol. The summed E-state index contributed by atoms with van der Waals surface area (Å²) < 4.78 is 5.83. The molecular weight excluding hydrogens is 300 g/mol. The van der Waals surface area contributed by atoms with Crippen molar-refractivity contribution in [2.75, 3.05) is 11.1 Å². The third-order valence-corrected chi connectivity index (χ3v) is 3.85. The van der Waals surface area contributed by atoms with E-state index >= 15 is 0 Å². The van der Waals surface area contributed by atoms with Crippen LogP contribution >= 0.6 is 0 Å². The summed E-state index contributed by atoms with van der Waals surface area (Å²) in [6, 6.07) is 15.6. The number of aromatic nitrogens is 2. The minimum Gasteiger partial charge on any atom is -0.436 e. The first-order valence-corrected chi connectivity index (χ1v) is 7.64. The second-order valence-electron chi connectivity index (χ2n) is 5.55. The summed E-state index contributed by atoms with van der Waals surface area (Å²) in [5.74, 6) is 0.342. The number of benzene rings is 1. The number of furan rings is 1. The molecular formula is C19H16N4O. The Kier molecular flexibility index (Phi) is 3.39. The first-order chi connectivity index (χ1) is 11.7. The fourth-order valence-corrected chi connectivity index (χ4v) is 2.74. The van der Waals surface area contributed by atoms with Crippen molar-refractivity contribution in [2.24, 2.45) is 0 Å². The molecule has 0 unspecified atom stereocenters. The minimum absolute atomic E-state index is 0.342. The molecule has 0 atom stereocenters. The van der Waals surface area contributed by atoms with Gasteiger partial charge in [0.25, 0.3) is 0 Å². The number of nitrogen functional groups attached to an aromatic ring is 1. The smallest absolute Gasteiger partial charge is 0.215 e. The van der Waals surface area contributed by atoms with Gasteiger partial charge < -0.3 is 15.5 Å². The Balaban J connectivity index is 1.86. The number of nitrogens with one attached hydrogen (secondary N) is 1. The Hall–Kier alpha value is -3.34. The van der Waals surface area contributed by atoms with E-state index < -0.39 is 0 Å². The molecule has 3 N–H and O–H groups in total. The molecule has 4 aromatic rings. The molecule has 0 radical (unpaired) electrons. The highest BCUT2D eigenvalue weighted by Gasteiger charge is 2.17. The van der Waals surface area contributed by atoms with Gasteiger partial charge in [-0.25, -0.2) is 0 Å². The number of nitrogens with two attached hydrogens (primary N) is 1. The van der Waals surface area contributed by atoms with Crippen LogP contribution in [-0.2, 0) is 0 Å². The summed E-state index contributed by atoms with van der Waals surface area (Å²) >= 11 is 0. The molecule has 0 aliphatic carbocycles. The van der Waals surface area contributed by atoms with Gasteiger partial charge in [-0.15, -0.1) is 0 Å². The molecule has 0 fully saturated rings. The van der Waals surface area contributed by atoms with Crippen molar-refractivity contribution in [1.29, 1.82) is 0 Å². The molecule has 24 heavy (non-hydrogen) atoms. The number of nitrogens with zero attached hydrogens (tertiary/aromatic N) is 2. The van der Waals surface area contributed by atoms with Gasteiger partial charge in [0.15, 0.2) is 5.58 Å². The molecule has 4 rings (SSSR count). The lowest BCUT2D eigenvalue weighted by molar-refractivity contribution is 0.638. The zero-order chi connectivity index (χ0) is 16.5. The molecule has 0 aliphatic heterocycles. The van der Waals surface area contributed by atoms with E-state index in [1.165, 1.54) is 0 Å². The van der Waals surface area contributed by atoms with Crippen LogP contribution in [0.15, 0.2) is 65.3 Å². The number of hydrogen-bond donors (Lipinski definition) is 2. The second kappa shape index (κ2) is 5.70. The van der Waals surface area contributed by atoms with Gasteiger partial charge in [-0.1, -0.05) is 18.2 Å². The highest BCUT2D eigenvalue weighted by atomic mass is 16.3. The van der Waals surface area contributed by atoms with E-state index in [1.54, 1.807) is 12.4 Å². The van der Waals surface area contributed by atoms with E-state index in [4.69, 9.17) is 10.2 Å². The van der Waals surface area contributed by atoms with Crippen LogP contribution in [-0.4, -0.2) is 9.97 Å². The van der Waals surface area contributed by atoms with Gasteiger partial charge in [0.05, 0.1) is 5.39 Å². The van der Waals surface area contributed by atoms with Crippen LogP contribution < -0.4 is 11.1 Å². The molecule has 0 aliphatic rings. The standard InChI is InChI=1S/C19H16N4O/c1-12-11-13(7-9-21-12)16-18-15(8-10-22-16)17(19(20)24-18)23-14-5-3-2-4-6-14/h2-11,23H,20H2,1H3. The Morgan fingerprint density at radius 3 is 2.58 bits per heavy atom. The number of hydrogen-bond acceptors (Lipinski definition) is 5. The SMILES string of the molecule is Cc1cc(-c2nccc3c(Nc4ccccc4)c(N)oc23)ccn1. The van der Waals surface area contributed by atoms with Crippen LogP contribution in [0.25, 0.3) is 22.2 Å². The van der Waals surface area contributed by atoms with Crippen LogP contribution in [0.5, 0.6) is 0 Å². The Labute approximate surface area is 139 Å². The van der Waals surface area contributed by atoms with Gasteiger partial charge in [0.2, 0.25) is 5.88 Å².